The highest BCUT2D eigenvalue weighted by molar-refractivity contribution is 5.64. The smallest absolute Gasteiger partial charge is 0.232 e. The highest BCUT2D eigenvalue weighted by atomic mass is 16.8. The van der Waals surface area contributed by atoms with Gasteiger partial charge in [-0.15, -0.1) is 0 Å². The van der Waals surface area contributed by atoms with Gasteiger partial charge in [0.05, 0.1) is 0 Å². The molecule has 0 bridgehead atoms. The predicted molar refractivity (Wildman–Crippen MR) is 21.7 cm³/mol. The second-order valence-corrected chi connectivity index (χ2v) is 0.687. The van der Waals surface area contributed by atoms with E-state index in [9.17, 15) is 5.21 Å². The third kappa shape index (κ3) is 3.01. The summed E-state index contributed by atoms with van der Waals surface area (Å²) in [7, 11) is 0. The average Bonchev–Trinajstić information content (AvgIpc) is 1.35. The second-order valence-electron chi connectivity index (χ2n) is 0.687. The van der Waals surface area contributed by atoms with Gasteiger partial charge in [0, 0.05) is 11.0 Å². The molecule has 0 fully saturated rings. The zero-order valence-corrected chi connectivity index (χ0v) is 3.16. The summed E-state index contributed by atoms with van der Waals surface area (Å²) in [6, 6.07) is 0. The molecular formula is C3H5NO2. The Labute approximate surface area is 35.4 Å². The second kappa shape index (κ2) is 2.26. The number of rotatable bonds is 1. The van der Waals surface area contributed by atoms with Gasteiger partial charge in [-0.1, -0.05) is 6.58 Å². The van der Waals surface area contributed by atoms with Crippen LogP contribution >= 0.6 is 0 Å². The van der Waals surface area contributed by atoms with Gasteiger partial charge in [-0.25, -0.2) is 0 Å². The summed E-state index contributed by atoms with van der Waals surface area (Å²) >= 11 is 0. The van der Waals surface area contributed by atoms with Crippen molar-refractivity contribution in [2.75, 3.05) is 0 Å². The quantitative estimate of drug-likeness (QED) is 0.214. The van der Waals surface area contributed by atoms with E-state index >= 15 is 0 Å². The summed E-state index contributed by atoms with van der Waals surface area (Å²) in [4.78, 5) is -0.312. The molecule has 0 atom stereocenters. The monoisotopic (exact) mass is 87.0 g/mol. The van der Waals surface area contributed by atoms with Crippen LogP contribution in [-0.2, 0) is 0 Å². The number of hydrogen-bond donors (Lipinski definition) is 1. The first-order valence-corrected chi connectivity index (χ1v) is 1.38. The molecule has 3 heteroatoms. The third-order valence-corrected chi connectivity index (χ3v) is 0.233. The van der Waals surface area contributed by atoms with Crippen molar-refractivity contribution in [2.24, 2.45) is 0 Å². The molecule has 0 aliphatic carbocycles. The van der Waals surface area contributed by atoms with Crippen molar-refractivity contribution >= 4 is 6.21 Å². The Morgan fingerprint density at radius 3 is 2.33 bits per heavy atom. The van der Waals surface area contributed by atoms with Gasteiger partial charge in [0.25, 0.3) is 0 Å². The number of nitrogens with zero attached hydrogens (tertiary/aromatic N) is 1. The fourth-order valence-electron chi connectivity index (χ4n) is 0.0902. The van der Waals surface area contributed by atoms with Crippen LogP contribution in [0.2, 0.25) is 0 Å². The molecule has 0 heterocycles. The minimum atomic E-state index is -0.312. The Morgan fingerprint density at radius 1 is 1.83 bits per heavy atom. The van der Waals surface area contributed by atoms with Gasteiger partial charge in [0.15, 0.2) is 0 Å². The van der Waals surface area contributed by atoms with E-state index in [2.05, 4.69) is 6.58 Å². The fraction of sp³-hybridized carbons (Fsp3) is 0. The van der Waals surface area contributed by atoms with Gasteiger partial charge in [0.2, 0.25) is 6.21 Å². The summed E-state index contributed by atoms with van der Waals surface area (Å²) in [6.45, 7) is 3.14. The van der Waals surface area contributed by atoms with Crippen molar-refractivity contribution in [2.45, 2.75) is 0 Å². The topological polar surface area (TPSA) is 46.3 Å². The Balaban J connectivity index is 3.41. The SMILES string of the molecule is C=C/C=[N+](\[O-])O. The van der Waals surface area contributed by atoms with Crippen LogP contribution in [0.15, 0.2) is 12.7 Å². The van der Waals surface area contributed by atoms with Crippen LogP contribution in [0.5, 0.6) is 0 Å². The summed E-state index contributed by atoms with van der Waals surface area (Å²) in [5, 5.41) is 17.1. The van der Waals surface area contributed by atoms with Crippen molar-refractivity contribution in [3.8, 4) is 0 Å². The maximum Gasteiger partial charge on any atom is 0.232 e. The summed E-state index contributed by atoms with van der Waals surface area (Å²) in [6.07, 6.45) is 2.08. The largest absolute Gasteiger partial charge is 0.418 e. The van der Waals surface area contributed by atoms with Crippen LogP contribution in [0.25, 0.3) is 0 Å². The van der Waals surface area contributed by atoms with Gasteiger partial charge >= 0.3 is 0 Å². The van der Waals surface area contributed by atoms with Crippen LogP contribution in [0.3, 0.4) is 0 Å². The summed E-state index contributed by atoms with van der Waals surface area (Å²) in [5.74, 6) is 0. The molecular weight excluding hydrogens is 82.0 g/mol. The molecule has 0 spiro atoms. The minimum Gasteiger partial charge on any atom is -0.418 e. The van der Waals surface area contributed by atoms with Crippen LogP contribution < -0.4 is 0 Å². The van der Waals surface area contributed by atoms with E-state index in [0.29, 0.717) is 0 Å². The lowest BCUT2D eigenvalue weighted by molar-refractivity contribution is -0.722. The first kappa shape index (κ1) is 5.01. The third-order valence-electron chi connectivity index (χ3n) is 0.233. The highest BCUT2D eigenvalue weighted by Crippen LogP contribution is 1.52. The van der Waals surface area contributed by atoms with Crippen molar-refractivity contribution in [3.63, 3.8) is 0 Å². The van der Waals surface area contributed by atoms with Crippen LogP contribution in [0, 0.1) is 5.21 Å². The van der Waals surface area contributed by atoms with E-state index < -0.39 is 0 Å². The van der Waals surface area contributed by atoms with E-state index in [0.717, 1.165) is 6.21 Å². The fourth-order valence-corrected chi connectivity index (χ4v) is 0.0902. The minimum absolute atomic E-state index is 0.312. The maximum absolute atomic E-state index is 9.39. The molecule has 0 aromatic rings. The van der Waals surface area contributed by atoms with E-state index in [4.69, 9.17) is 5.21 Å². The molecule has 0 radical (unpaired) electrons. The average molecular weight is 87.1 g/mol. The predicted octanol–water partition coefficient (Wildman–Crippen LogP) is 0.143. The Hall–Kier alpha value is -0.990. The molecule has 34 valence electrons. The molecule has 0 amide bonds. The van der Waals surface area contributed by atoms with Crippen LogP contribution in [-0.4, -0.2) is 16.3 Å². The van der Waals surface area contributed by atoms with E-state index in [-0.39, 0.29) is 4.90 Å². The Bertz CT molecular complexity index is 72.9. The Kier molecular flexibility index (Phi) is 1.89. The van der Waals surface area contributed by atoms with Crippen LogP contribution in [0.1, 0.15) is 0 Å². The number of hydrogen-bond acceptors (Lipinski definition) is 2. The van der Waals surface area contributed by atoms with Gasteiger partial charge in [-0.05, 0) is 0 Å². The normalized spacial score (nSPS) is 11.0. The summed E-state index contributed by atoms with van der Waals surface area (Å²) < 4.78 is 0. The van der Waals surface area contributed by atoms with Crippen molar-refractivity contribution in [1.29, 1.82) is 0 Å². The lowest BCUT2D eigenvalue weighted by Crippen LogP contribution is -1.92. The van der Waals surface area contributed by atoms with Gasteiger partial charge in [-0.2, -0.15) is 0 Å². The van der Waals surface area contributed by atoms with E-state index in [1.54, 1.807) is 0 Å². The van der Waals surface area contributed by atoms with Gasteiger partial charge in [0.1, 0.15) is 0 Å². The van der Waals surface area contributed by atoms with E-state index in [1.807, 2.05) is 0 Å². The molecule has 6 heavy (non-hydrogen) atoms. The van der Waals surface area contributed by atoms with Crippen molar-refractivity contribution in [3.05, 3.63) is 17.9 Å². The van der Waals surface area contributed by atoms with Gasteiger partial charge < -0.3 is 5.21 Å². The molecule has 0 aliphatic heterocycles. The molecule has 0 aromatic heterocycles. The molecule has 0 aliphatic rings. The lowest BCUT2D eigenvalue weighted by atomic mass is 10.7. The molecule has 0 saturated heterocycles. The highest BCUT2D eigenvalue weighted by Gasteiger charge is 1.69. The first-order valence-electron chi connectivity index (χ1n) is 1.38. The molecule has 0 rings (SSSR count). The van der Waals surface area contributed by atoms with Gasteiger partial charge in [-0.3, -0.25) is 5.21 Å². The van der Waals surface area contributed by atoms with Crippen molar-refractivity contribution in [1.82, 2.24) is 0 Å². The van der Waals surface area contributed by atoms with Crippen molar-refractivity contribution < 1.29 is 10.1 Å². The molecule has 0 saturated carbocycles. The summed E-state index contributed by atoms with van der Waals surface area (Å²) in [5.41, 5.74) is 0. The van der Waals surface area contributed by atoms with Crippen LogP contribution in [0.4, 0.5) is 0 Å². The standard InChI is InChI=1S/C3H5NO2/c1-2-3-4(5)6/h2-3H,1H2,(H,5,6). The zero-order chi connectivity index (χ0) is 4.99. The van der Waals surface area contributed by atoms with E-state index in [1.165, 1.54) is 6.08 Å². The molecule has 0 aromatic carbocycles. The first-order chi connectivity index (χ1) is 2.77. The lowest BCUT2D eigenvalue weighted by Gasteiger charge is -1.76. The maximum atomic E-state index is 9.39. The molecule has 3 nitrogen and oxygen atoms in total. The Morgan fingerprint density at radius 2 is 2.33 bits per heavy atom. The molecule has 1 N–H and O–H groups in total. The number of allylic oxidation sites excluding steroid dienone is 1. The molecule has 0 unspecified atom stereocenters. The zero-order valence-electron chi connectivity index (χ0n) is 3.16.